The lowest BCUT2D eigenvalue weighted by Gasteiger charge is -2.11. The predicted octanol–water partition coefficient (Wildman–Crippen LogP) is 4.99. The number of hydrogen-bond acceptors (Lipinski definition) is 3. The number of rotatable bonds is 6. The summed E-state index contributed by atoms with van der Waals surface area (Å²) < 4.78 is 0. The fourth-order valence-electron chi connectivity index (χ4n) is 3.14. The van der Waals surface area contributed by atoms with Crippen molar-refractivity contribution in [3.05, 3.63) is 94.5 Å². The molecule has 1 aliphatic carbocycles. The van der Waals surface area contributed by atoms with Crippen LogP contribution in [0.25, 0.3) is 11.6 Å². The molecule has 0 unspecified atom stereocenters. The molecule has 1 saturated carbocycles. The van der Waals surface area contributed by atoms with Gasteiger partial charge in [-0.1, -0.05) is 54.1 Å². The first-order valence-electron chi connectivity index (χ1n) is 10.0. The molecule has 0 aliphatic heterocycles. The van der Waals surface area contributed by atoms with Crippen molar-refractivity contribution in [3.8, 4) is 0 Å². The minimum Gasteiger partial charge on any atom is -0.397 e. The highest BCUT2D eigenvalue weighted by atomic mass is 35.5. The maximum Gasteiger partial charge on any atom is 0.255 e. The number of halogens is 1. The average Bonchev–Trinajstić information content (AvgIpc) is 3.58. The second-order valence-electron chi connectivity index (χ2n) is 7.45. The summed E-state index contributed by atoms with van der Waals surface area (Å²) in [5, 5.41) is 6.34. The Morgan fingerprint density at radius 2 is 1.61 bits per heavy atom. The molecule has 156 valence electrons. The van der Waals surface area contributed by atoms with Crippen LogP contribution in [0.1, 0.15) is 34.3 Å². The first kappa shape index (κ1) is 20.7. The zero-order valence-electron chi connectivity index (χ0n) is 16.8. The highest BCUT2D eigenvalue weighted by Crippen LogP contribution is 2.28. The molecule has 0 radical (unpaired) electrons. The second kappa shape index (κ2) is 9.06. The number of carbonyl (C=O) groups is 2. The summed E-state index contributed by atoms with van der Waals surface area (Å²) in [5.41, 5.74) is 9.39. The van der Waals surface area contributed by atoms with Crippen LogP contribution in [0.15, 0.2) is 72.8 Å². The number of benzene rings is 3. The lowest BCUT2D eigenvalue weighted by molar-refractivity contribution is -0.115. The van der Waals surface area contributed by atoms with E-state index in [9.17, 15) is 9.59 Å². The van der Waals surface area contributed by atoms with Gasteiger partial charge in [-0.15, -0.1) is 0 Å². The summed E-state index contributed by atoms with van der Waals surface area (Å²) in [5.74, 6) is -0.414. The van der Waals surface area contributed by atoms with Crippen molar-refractivity contribution in [2.24, 2.45) is 0 Å². The van der Waals surface area contributed by atoms with Crippen molar-refractivity contribution in [1.29, 1.82) is 0 Å². The molecule has 0 bridgehead atoms. The molecule has 6 heteroatoms. The third kappa shape index (κ3) is 5.13. The maximum atomic E-state index is 12.8. The molecule has 3 aromatic carbocycles. The van der Waals surface area contributed by atoms with Crippen LogP contribution in [0, 0.1) is 0 Å². The van der Waals surface area contributed by atoms with E-state index < -0.39 is 0 Å². The summed E-state index contributed by atoms with van der Waals surface area (Å²) in [6.07, 6.45) is 3.78. The Hall–Kier alpha value is -3.57. The van der Waals surface area contributed by atoms with Crippen LogP contribution >= 0.6 is 11.6 Å². The molecule has 31 heavy (non-hydrogen) atoms. The SMILES string of the molecule is Nc1ccccc1NC(=O)c1ccc(C=C(C(=O)NC2CC2)c2ccccc2Cl)cc1. The van der Waals surface area contributed by atoms with Gasteiger partial charge in [0.2, 0.25) is 0 Å². The Balaban J connectivity index is 1.58. The number of hydrogen-bond donors (Lipinski definition) is 3. The van der Waals surface area contributed by atoms with Crippen LogP contribution in [0.2, 0.25) is 5.02 Å². The van der Waals surface area contributed by atoms with Crippen molar-refractivity contribution in [3.63, 3.8) is 0 Å². The summed E-state index contributed by atoms with van der Waals surface area (Å²) in [6, 6.07) is 21.6. The lowest BCUT2D eigenvalue weighted by Crippen LogP contribution is -2.26. The van der Waals surface area contributed by atoms with Gasteiger partial charge in [0.15, 0.2) is 0 Å². The van der Waals surface area contributed by atoms with Gasteiger partial charge in [-0.2, -0.15) is 0 Å². The molecule has 0 atom stereocenters. The summed E-state index contributed by atoms with van der Waals surface area (Å²) in [6.45, 7) is 0. The normalized spacial score (nSPS) is 13.5. The number of anilines is 2. The van der Waals surface area contributed by atoms with Crippen LogP contribution in [-0.2, 0) is 4.79 Å². The maximum absolute atomic E-state index is 12.8. The van der Waals surface area contributed by atoms with Crippen molar-refractivity contribution >= 4 is 46.4 Å². The number of nitrogens with one attached hydrogen (secondary N) is 2. The molecule has 0 heterocycles. The predicted molar refractivity (Wildman–Crippen MR) is 126 cm³/mol. The van der Waals surface area contributed by atoms with Gasteiger partial charge in [-0.05, 0) is 54.8 Å². The molecule has 1 fully saturated rings. The van der Waals surface area contributed by atoms with E-state index in [0.717, 1.165) is 18.4 Å². The Morgan fingerprint density at radius 3 is 2.29 bits per heavy atom. The summed E-state index contributed by atoms with van der Waals surface area (Å²) >= 11 is 6.35. The lowest BCUT2D eigenvalue weighted by atomic mass is 10.0. The minimum absolute atomic E-state index is 0.156. The zero-order valence-corrected chi connectivity index (χ0v) is 17.5. The van der Waals surface area contributed by atoms with Gasteiger partial charge in [0, 0.05) is 27.8 Å². The van der Waals surface area contributed by atoms with Crippen molar-refractivity contribution < 1.29 is 9.59 Å². The van der Waals surface area contributed by atoms with Crippen molar-refractivity contribution in [2.45, 2.75) is 18.9 Å². The third-order valence-electron chi connectivity index (χ3n) is 5.01. The smallest absolute Gasteiger partial charge is 0.255 e. The van der Waals surface area contributed by atoms with Crippen LogP contribution in [-0.4, -0.2) is 17.9 Å². The summed E-state index contributed by atoms with van der Waals surface area (Å²) in [4.78, 5) is 25.4. The van der Waals surface area contributed by atoms with Gasteiger partial charge in [0.25, 0.3) is 11.8 Å². The fraction of sp³-hybridized carbons (Fsp3) is 0.120. The minimum atomic E-state index is -0.258. The molecular formula is C25H22ClN3O2. The van der Waals surface area contributed by atoms with Gasteiger partial charge in [0.05, 0.1) is 11.4 Å². The van der Waals surface area contributed by atoms with Gasteiger partial charge >= 0.3 is 0 Å². The van der Waals surface area contributed by atoms with Crippen molar-refractivity contribution in [2.75, 3.05) is 11.1 Å². The Bertz CT molecular complexity index is 1150. The molecule has 1 aliphatic rings. The Morgan fingerprint density at radius 1 is 0.935 bits per heavy atom. The monoisotopic (exact) mass is 431 g/mol. The highest BCUT2D eigenvalue weighted by Gasteiger charge is 2.25. The van der Waals surface area contributed by atoms with E-state index in [0.29, 0.717) is 33.1 Å². The Labute approximate surface area is 185 Å². The molecule has 4 rings (SSSR count). The van der Waals surface area contributed by atoms with E-state index in [4.69, 9.17) is 17.3 Å². The Kier molecular flexibility index (Phi) is 6.05. The van der Waals surface area contributed by atoms with E-state index in [1.807, 2.05) is 30.3 Å². The molecular weight excluding hydrogens is 410 g/mol. The molecule has 5 nitrogen and oxygen atoms in total. The highest BCUT2D eigenvalue weighted by molar-refractivity contribution is 6.36. The van der Waals surface area contributed by atoms with E-state index in [1.165, 1.54) is 0 Å². The second-order valence-corrected chi connectivity index (χ2v) is 7.86. The van der Waals surface area contributed by atoms with Gasteiger partial charge in [-0.3, -0.25) is 9.59 Å². The molecule has 0 saturated heterocycles. The van der Waals surface area contributed by atoms with Crippen LogP contribution in [0.5, 0.6) is 0 Å². The first-order chi connectivity index (χ1) is 15.0. The van der Waals surface area contributed by atoms with Gasteiger partial charge < -0.3 is 16.4 Å². The van der Waals surface area contributed by atoms with Crippen LogP contribution < -0.4 is 16.4 Å². The molecule has 3 aromatic rings. The number of amides is 2. The summed E-state index contributed by atoms with van der Waals surface area (Å²) in [7, 11) is 0. The molecule has 0 spiro atoms. The van der Waals surface area contributed by atoms with Crippen molar-refractivity contribution in [1.82, 2.24) is 5.32 Å². The number of nitrogen functional groups attached to an aromatic ring is 1. The standard InChI is InChI=1S/C25H22ClN3O2/c26-21-6-2-1-5-19(21)20(25(31)28-18-13-14-18)15-16-9-11-17(12-10-16)24(30)29-23-8-4-3-7-22(23)27/h1-12,15,18H,13-14,27H2,(H,28,31)(H,29,30). The van der Waals surface area contributed by atoms with Gasteiger partial charge in [-0.25, -0.2) is 0 Å². The first-order valence-corrected chi connectivity index (χ1v) is 10.4. The average molecular weight is 432 g/mol. The molecule has 2 amide bonds. The molecule has 4 N–H and O–H groups in total. The topological polar surface area (TPSA) is 84.2 Å². The van der Waals surface area contributed by atoms with E-state index in [-0.39, 0.29) is 17.9 Å². The third-order valence-corrected chi connectivity index (χ3v) is 5.34. The van der Waals surface area contributed by atoms with E-state index >= 15 is 0 Å². The van der Waals surface area contributed by atoms with E-state index in [1.54, 1.807) is 48.5 Å². The number of nitrogens with two attached hydrogens (primary N) is 1. The van der Waals surface area contributed by atoms with Crippen LogP contribution in [0.3, 0.4) is 0 Å². The largest absolute Gasteiger partial charge is 0.397 e. The number of para-hydroxylation sites is 2. The quantitative estimate of drug-likeness (QED) is 0.292. The molecule has 0 aromatic heterocycles. The van der Waals surface area contributed by atoms with E-state index in [2.05, 4.69) is 10.6 Å². The van der Waals surface area contributed by atoms with Crippen LogP contribution in [0.4, 0.5) is 11.4 Å². The fourth-order valence-corrected chi connectivity index (χ4v) is 3.38. The number of carbonyl (C=O) groups excluding carboxylic acids is 2. The van der Waals surface area contributed by atoms with Gasteiger partial charge in [0.1, 0.15) is 0 Å². The zero-order chi connectivity index (χ0) is 21.8.